The third kappa shape index (κ3) is 8.18. The lowest BCUT2D eigenvalue weighted by Gasteiger charge is -2.37. The number of guanidine groups is 1. The van der Waals surface area contributed by atoms with E-state index in [1.807, 2.05) is 25.1 Å². The third-order valence-corrected chi connectivity index (χ3v) is 4.97. The molecule has 1 fully saturated rings. The van der Waals surface area contributed by atoms with E-state index in [2.05, 4.69) is 34.4 Å². The molecular formula is C21H37IN4O3. The average molecular weight is 520 g/mol. The Morgan fingerprint density at radius 3 is 2.52 bits per heavy atom. The van der Waals surface area contributed by atoms with E-state index in [0.717, 1.165) is 55.9 Å². The van der Waals surface area contributed by atoms with Crippen LogP contribution in [0, 0.1) is 5.92 Å². The highest BCUT2D eigenvalue weighted by Crippen LogP contribution is 2.27. The van der Waals surface area contributed by atoms with E-state index in [9.17, 15) is 0 Å². The van der Waals surface area contributed by atoms with Gasteiger partial charge in [-0.1, -0.05) is 19.9 Å². The van der Waals surface area contributed by atoms with E-state index in [1.54, 1.807) is 14.2 Å². The van der Waals surface area contributed by atoms with Crippen LogP contribution in [0.15, 0.2) is 23.2 Å². The smallest absolute Gasteiger partial charge is 0.191 e. The summed E-state index contributed by atoms with van der Waals surface area (Å²) in [4.78, 5) is 6.87. The summed E-state index contributed by atoms with van der Waals surface area (Å²) in [6.07, 6.45) is 0. The molecule has 1 heterocycles. The van der Waals surface area contributed by atoms with E-state index in [4.69, 9.17) is 14.2 Å². The predicted molar refractivity (Wildman–Crippen MR) is 129 cm³/mol. The fourth-order valence-electron chi connectivity index (χ4n) is 3.40. The molecule has 0 bridgehead atoms. The van der Waals surface area contributed by atoms with Crippen LogP contribution in [0.3, 0.4) is 0 Å². The lowest BCUT2D eigenvalue weighted by molar-refractivity contribution is 0.00752. The Morgan fingerprint density at radius 1 is 1.21 bits per heavy atom. The molecule has 1 aromatic rings. The van der Waals surface area contributed by atoms with Gasteiger partial charge in [0.05, 0.1) is 26.9 Å². The first-order valence-electron chi connectivity index (χ1n) is 10.1. The zero-order valence-electron chi connectivity index (χ0n) is 18.4. The van der Waals surface area contributed by atoms with Crippen molar-refractivity contribution in [1.82, 2.24) is 15.5 Å². The van der Waals surface area contributed by atoms with Crippen LogP contribution in [0.2, 0.25) is 0 Å². The number of hydrogen-bond donors (Lipinski definition) is 2. The number of benzene rings is 1. The molecule has 1 aliphatic rings. The SMILES string of the molecule is CCOc1cc(CNC(=NC)NCC(C(C)C)N2CCOCC2)ccc1OC.I. The van der Waals surface area contributed by atoms with Crippen molar-refractivity contribution >= 4 is 29.9 Å². The molecule has 0 saturated carbocycles. The number of nitrogens with one attached hydrogen (secondary N) is 2. The van der Waals surface area contributed by atoms with Crippen LogP contribution in [-0.4, -0.2) is 70.5 Å². The van der Waals surface area contributed by atoms with Gasteiger partial charge in [0.2, 0.25) is 0 Å². The maximum absolute atomic E-state index is 5.66. The van der Waals surface area contributed by atoms with Gasteiger partial charge in [-0.05, 0) is 30.5 Å². The summed E-state index contributed by atoms with van der Waals surface area (Å²) in [6.45, 7) is 12.2. The Balaban J connectivity index is 0.00000420. The van der Waals surface area contributed by atoms with E-state index in [1.165, 1.54) is 0 Å². The van der Waals surface area contributed by atoms with Crippen LogP contribution in [0.25, 0.3) is 0 Å². The molecule has 8 heteroatoms. The van der Waals surface area contributed by atoms with E-state index in [0.29, 0.717) is 25.1 Å². The normalized spacial score (nSPS) is 16.1. The number of methoxy groups -OCH3 is 1. The van der Waals surface area contributed by atoms with E-state index < -0.39 is 0 Å². The minimum absolute atomic E-state index is 0. The van der Waals surface area contributed by atoms with Gasteiger partial charge in [-0.2, -0.15) is 0 Å². The van der Waals surface area contributed by atoms with Gasteiger partial charge in [-0.15, -0.1) is 24.0 Å². The molecule has 1 aromatic carbocycles. The number of morpholine rings is 1. The Morgan fingerprint density at radius 2 is 1.93 bits per heavy atom. The summed E-state index contributed by atoms with van der Waals surface area (Å²) < 4.78 is 16.5. The Hall–Kier alpha value is -1.26. The number of halogens is 1. The molecule has 0 spiro atoms. The van der Waals surface area contributed by atoms with Gasteiger partial charge < -0.3 is 24.8 Å². The quantitative estimate of drug-likeness (QED) is 0.297. The van der Waals surface area contributed by atoms with Gasteiger partial charge in [0, 0.05) is 39.3 Å². The molecule has 29 heavy (non-hydrogen) atoms. The zero-order chi connectivity index (χ0) is 20.4. The Kier molecular flexibility index (Phi) is 12.3. The summed E-state index contributed by atoms with van der Waals surface area (Å²) in [6, 6.07) is 6.43. The van der Waals surface area contributed by atoms with Crippen molar-refractivity contribution in [1.29, 1.82) is 0 Å². The molecule has 2 rings (SSSR count). The van der Waals surface area contributed by atoms with Crippen molar-refractivity contribution in [3.05, 3.63) is 23.8 Å². The highest BCUT2D eigenvalue weighted by atomic mass is 127. The monoisotopic (exact) mass is 520 g/mol. The number of nitrogens with zero attached hydrogens (tertiary/aromatic N) is 2. The van der Waals surface area contributed by atoms with Crippen molar-refractivity contribution in [2.75, 3.05) is 53.6 Å². The second-order valence-corrected chi connectivity index (χ2v) is 7.18. The predicted octanol–water partition coefficient (Wildman–Crippen LogP) is 2.73. The van der Waals surface area contributed by atoms with Gasteiger partial charge >= 0.3 is 0 Å². The van der Waals surface area contributed by atoms with Crippen molar-refractivity contribution in [2.24, 2.45) is 10.9 Å². The van der Waals surface area contributed by atoms with Crippen LogP contribution < -0.4 is 20.1 Å². The van der Waals surface area contributed by atoms with Crippen molar-refractivity contribution in [2.45, 2.75) is 33.4 Å². The maximum atomic E-state index is 5.66. The Labute approximate surface area is 192 Å². The lowest BCUT2D eigenvalue weighted by Crippen LogP contribution is -2.52. The minimum Gasteiger partial charge on any atom is -0.493 e. The van der Waals surface area contributed by atoms with Crippen molar-refractivity contribution in [3.63, 3.8) is 0 Å². The van der Waals surface area contributed by atoms with Crippen LogP contribution >= 0.6 is 24.0 Å². The highest BCUT2D eigenvalue weighted by molar-refractivity contribution is 14.0. The summed E-state index contributed by atoms with van der Waals surface area (Å²) in [5, 5.41) is 6.87. The molecule has 0 radical (unpaired) electrons. The van der Waals surface area contributed by atoms with Gasteiger partial charge in [0.15, 0.2) is 17.5 Å². The first kappa shape index (κ1) is 25.8. The molecular weight excluding hydrogens is 483 g/mol. The van der Waals surface area contributed by atoms with Crippen LogP contribution in [0.1, 0.15) is 26.3 Å². The van der Waals surface area contributed by atoms with Gasteiger partial charge in [0.1, 0.15) is 0 Å². The molecule has 0 aromatic heterocycles. The number of hydrogen-bond acceptors (Lipinski definition) is 5. The number of aliphatic imine (C=N–C) groups is 1. The summed E-state index contributed by atoms with van der Waals surface area (Å²) in [5.41, 5.74) is 1.11. The van der Waals surface area contributed by atoms with Crippen molar-refractivity contribution in [3.8, 4) is 11.5 Å². The van der Waals surface area contributed by atoms with Gasteiger partial charge in [-0.3, -0.25) is 9.89 Å². The molecule has 0 amide bonds. The Bertz CT molecular complexity index is 622. The molecule has 1 atom stereocenters. The van der Waals surface area contributed by atoms with Gasteiger partial charge in [-0.25, -0.2) is 0 Å². The van der Waals surface area contributed by atoms with Crippen LogP contribution in [0.5, 0.6) is 11.5 Å². The van der Waals surface area contributed by atoms with E-state index in [-0.39, 0.29) is 24.0 Å². The number of rotatable bonds is 9. The summed E-state index contributed by atoms with van der Waals surface area (Å²) in [5.74, 6) is 2.87. The van der Waals surface area contributed by atoms with E-state index >= 15 is 0 Å². The molecule has 1 aliphatic heterocycles. The summed E-state index contributed by atoms with van der Waals surface area (Å²) >= 11 is 0. The molecule has 1 saturated heterocycles. The second-order valence-electron chi connectivity index (χ2n) is 7.18. The van der Waals surface area contributed by atoms with Gasteiger partial charge in [0.25, 0.3) is 0 Å². The largest absolute Gasteiger partial charge is 0.493 e. The minimum atomic E-state index is 0. The third-order valence-electron chi connectivity index (χ3n) is 4.97. The molecule has 7 nitrogen and oxygen atoms in total. The highest BCUT2D eigenvalue weighted by Gasteiger charge is 2.23. The molecule has 1 unspecified atom stereocenters. The van der Waals surface area contributed by atoms with Crippen molar-refractivity contribution < 1.29 is 14.2 Å². The second kappa shape index (κ2) is 13.9. The molecule has 0 aliphatic carbocycles. The lowest BCUT2D eigenvalue weighted by atomic mass is 10.0. The topological polar surface area (TPSA) is 67.4 Å². The number of ether oxygens (including phenoxy) is 3. The molecule has 2 N–H and O–H groups in total. The fourth-order valence-corrected chi connectivity index (χ4v) is 3.40. The first-order chi connectivity index (χ1) is 13.6. The van der Waals surface area contributed by atoms with Crippen LogP contribution in [-0.2, 0) is 11.3 Å². The molecule has 166 valence electrons. The fraction of sp³-hybridized carbons (Fsp3) is 0.667. The average Bonchev–Trinajstić information content (AvgIpc) is 2.71. The zero-order valence-corrected chi connectivity index (χ0v) is 20.7. The summed E-state index contributed by atoms with van der Waals surface area (Å²) in [7, 11) is 3.45. The standard InChI is InChI=1S/C21H36N4O3.HI/c1-6-28-20-13-17(7-8-19(20)26-5)14-23-21(22-4)24-15-18(16(2)3)25-9-11-27-12-10-25;/h7-8,13,16,18H,6,9-12,14-15H2,1-5H3,(H2,22,23,24);1H. The van der Waals surface area contributed by atoms with Crippen LogP contribution in [0.4, 0.5) is 0 Å². The first-order valence-corrected chi connectivity index (χ1v) is 10.1. The maximum Gasteiger partial charge on any atom is 0.191 e.